The quantitative estimate of drug-likeness (QED) is 0.651. The van der Waals surface area contributed by atoms with Crippen LogP contribution in [0.25, 0.3) is 0 Å². The van der Waals surface area contributed by atoms with Gasteiger partial charge in [0.25, 0.3) is 0 Å². The van der Waals surface area contributed by atoms with Crippen LogP contribution < -0.4 is 11.1 Å². The maximum absolute atomic E-state index is 13.0. The molecule has 4 N–H and O–H groups in total. The normalized spacial score (nSPS) is 17.5. The molecule has 1 atom stereocenters. The average Bonchev–Trinajstić information content (AvgIpc) is 2.65. The number of hydrogen-bond acceptors (Lipinski definition) is 3. The van der Waals surface area contributed by atoms with E-state index in [-0.39, 0.29) is 22.1 Å². The van der Waals surface area contributed by atoms with Crippen LogP contribution >= 0.6 is 0 Å². The summed E-state index contributed by atoms with van der Waals surface area (Å²) in [5.74, 6) is -3.82. The number of carboxylic acid groups (broad SMARTS) is 1. The first-order valence-electron chi connectivity index (χ1n) is 10.0. The Kier molecular flexibility index (Phi) is 5.46. The summed E-state index contributed by atoms with van der Waals surface area (Å²) < 4.78 is 0. The van der Waals surface area contributed by atoms with Crippen molar-refractivity contribution in [2.45, 2.75) is 57.3 Å². The first-order chi connectivity index (χ1) is 13.9. The lowest BCUT2D eigenvalue weighted by Crippen LogP contribution is -2.36. The van der Waals surface area contributed by atoms with E-state index in [1.807, 2.05) is 12.1 Å². The van der Waals surface area contributed by atoms with E-state index in [0.717, 1.165) is 18.4 Å². The predicted octanol–water partition coefficient (Wildman–Crippen LogP) is 3.94. The highest BCUT2D eigenvalue weighted by molar-refractivity contribution is 6.12. The molecule has 1 aliphatic carbocycles. The second kappa shape index (κ2) is 7.59. The molecule has 1 unspecified atom stereocenters. The van der Waals surface area contributed by atoms with E-state index >= 15 is 0 Å². The summed E-state index contributed by atoms with van der Waals surface area (Å²) in [6.07, 6.45) is 2.05. The van der Waals surface area contributed by atoms with Gasteiger partial charge < -0.3 is 16.2 Å². The second-order valence-corrected chi connectivity index (χ2v) is 9.25. The van der Waals surface area contributed by atoms with Gasteiger partial charge in [-0.15, -0.1) is 0 Å². The number of hydrogen-bond donors (Lipinski definition) is 3. The van der Waals surface area contributed by atoms with Gasteiger partial charge >= 0.3 is 5.97 Å². The van der Waals surface area contributed by atoms with Gasteiger partial charge in [0.15, 0.2) is 0 Å². The highest BCUT2D eigenvalue weighted by Crippen LogP contribution is 2.46. The molecule has 6 nitrogen and oxygen atoms in total. The lowest BCUT2D eigenvalue weighted by molar-refractivity contribution is -0.127. The summed E-state index contributed by atoms with van der Waals surface area (Å²) in [7, 11) is 0. The molecule has 30 heavy (non-hydrogen) atoms. The van der Waals surface area contributed by atoms with E-state index in [1.54, 1.807) is 18.2 Å². The van der Waals surface area contributed by atoms with Crippen molar-refractivity contribution in [3.8, 4) is 0 Å². The van der Waals surface area contributed by atoms with Gasteiger partial charge in [-0.2, -0.15) is 0 Å². The zero-order valence-electron chi connectivity index (χ0n) is 17.8. The topological polar surface area (TPSA) is 109 Å². The van der Waals surface area contributed by atoms with Crippen molar-refractivity contribution in [2.75, 3.05) is 5.32 Å². The molecule has 6 heteroatoms. The van der Waals surface area contributed by atoms with Crippen LogP contribution in [-0.2, 0) is 20.4 Å². The Balaban J connectivity index is 2.01. The van der Waals surface area contributed by atoms with Crippen LogP contribution in [0.3, 0.4) is 0 Å². The number of rotatable bonds is 5. The van der Waals surface area contributed by atoms with Gasteiger partial charge in [0.1, 0.15) is 5.92 Å². The lowest BCUT2D eigenvalue weighted by Gasteiger charge is -2.42. The molecular weight excluding hydrogens is 380 g/mol. The van der Waals surface area contributed by atoms with Gasteiger partial charge in [-0.05, 0) is 52.5 Å². The van der Waals surface area contributed by atoms with E-state index < -0.39 is 23.7 Å². The number of nitrogens with two attached hydrogens (primary N) is 1. The lowest BCUT2D eigenvalue weighted by atomic mass is 9.62. The number of amides is 2. The molecule has 3 rings (SSSR count). The van der Waals surface area contributed by atoms with E-state index in [2.05, 4.69) is 33.0 Å². The standard InChI is InChI=1S/C24H28N2O4/c1-23(2)11-12-24(3,4)17-13-14(9-10-16(17)23)19(20(25)27)21(28)26-18-8-6-5-7-15(18)22(29)30/h5-10,13,19H,11-12H2,1-4H3,(H2,25,27)(H,26,28)(H,29,30). The van der Waals surface area contributed by atoms with Gasteiger partial charge in [0.05, 0.1) is 11.3 Å². The molecule has 2 aromatic rings. The summed E-state index contributed by atoms with van der Waals surface area (Å²) in [5, 5.41) is 11.9. The number of aromatic carboxylic acids is 1. The first-order valence-corrected chi connectivity index (χ1v) is 10.0. The minimum absolute atomic E-state index is 0.00822. The summed E-state index contributed by atoms with van der Waals surface area (Å²) in [5.41, 5.74) is 8.43. The van der Waals surface area contributed by atoms with Gasteiger partial charge in [0, 0.05) is 0 Å². The van der Waals surface area contributed by atoms with E-state index in [9.17, 15) is 19.5 Å². The monoisotopic (exact) mass is 408 g/mol. The van der Waals surface area contributed by atoms with Gasteiger partial charge in [-0.3, -0.25) is 9.59 Å². The molecule has 0 fully saturated rings. The molecule has 0 radical (unpaired) electrons. The molecule has 0 heterocycles. The fourth-order valence-electron chi connectivity index (χ4n) is 4.21. The number of benzene rings is 2. The second-order valence-electron chi connectivity index (χ2n) is 9.25. The maximum Gasteiger partial charge on any atom is 0.337 e. The minimum Gasteiger partial charge on any atom is -0.478 e. The molecule has 0 aromatic heterocycles. The number of para-hydroxylation sites is 1. The number of fused-ring (bicyclic) bond motifs is 1. The predicted molar refractivity (Wildman–Crippen MR) is 116 cm³/mol. The molecule has 0 spiro atoms. The Hall–Kier alpha value is -3.15. The van der Waals surface area contributed by atoms with Gasteiger partial charge in [0.2, 0.25) is 11.8 Å². The molecule has 0 bridgehead atoms. The van der Waals surface area contributed by atoms with Crippen molar-refractivity contribution >= 4 is 23.5 Å². The average molecular weight is 408 g/mol. The third-order valence-corrected chi connectivity index (χ3v) is 6.17. The zero-order valence-corrected chi connectivity index (χ0v) is 17.8. The summed E-state index contributed by atoms with van der Waals surface area (Å²) in [6, 6.07) is 11.7. The Morgan fingerprint density at radius 1 is 0.967 bits per heavy atom. The van der Waals surface area contributed by atoms with Crippen molar-refractivity contribution in [3.63, 3.8) is 0 Å². The first kappa shape index (κ1) is 21.6. The fraction of sp³-hybridized carbons (Fsp3) is 0.375. The van der Waals surface area contributed by atoms with Crippen molar-refractivity contribution in [1.82, 2.24) is 0 Å². The third kappa shape index (κ3) is 3.95. The summed E-state index contributed by atoms with van der Waals surface area (Å²) in [6.45, 7) is 8.71. The molecule has 0 saturated carbocycles. The number of nitrogens with one attached hydrogen (secondary N) is 1. The molecule has 158 valence electrons. The largest absolute Gasteiger partial charge is 0.478 e. The van der Waals surface area contributed by atoms with Crippen LogP contribution in [0.2, 0.25) is 0 Å². The SMILES string of the molecule is CC1(C)CCC(C)(C)c2cc(C(C(N)=O)C(=O)Nc3ccccc3C(=O)O)ccc21. The van der Waals surface area contributed by atoms with E-state index in [1.165, 1.54) is 17.7 Å². The van der Waals surface area contributed by atoms with Crippen LogP contribution in [0.4, 0.5) is 5.69 Å². The summed E-state index contributed by atoms with van der Waals surface area (Å²) in [4.78, 5) is 36.7. The molecule has 2 amide bonds. The molecule has 0 saturated heterocycles. The highest BCUT2D eigenvalue weighted by Gasteiger charge is 2.38. The van der Waals surface area contributed by atoms with Crippen molar-refractivity contribution in [3.05, 3.63) is 64.7 Å². The van der Waals surface area contributed by atoms with Crippen LogP contribution in [0.1, 0.15) is 73.5 Å². The minimum atomic E-state index is -1.22. The Bertz CT molecular complexity index is 1020. The maximum atomic E-state index is 13.0. The van der Waals surface area contributed by atoms with E-state index in [4.69, 9.17) is 5.73 Å². The Morgan fingerprint density at radius 2 is 1.57 bits per heavy atom. The molecule has 1 aliphatic rings. The fourth-order valence-corrected chi connectivity index (χ4v) is 4.21. The van der Waals surface area contributed by atoms with Crippen LogP contribution in [0.5, 0.6) is 0 Å². The van der Waals surface area contributed by atoms with Gasteiger partial charge in [-0.25, -0.2) is 4.79 Å². The number of carbonyl (C=O) groups excluding carboxylic acids is 2. The van der Waals surface area contributed by atoms with Crippen LogP contribution in [0.15, 0.2) is 42.5 Å². The number of anilines is 1. The Morgan fingerprint density at radius 3 is 2.17 bits per heavy atom. The molecular formula is C24H28N2O4. The summed E-state index contributed by atoms with van der Waals surface area (Å²) >= 11 is 0. The smallest absolute Gasteiger partial charge is 0.337 e. The molecule has 0 aliphatic heterocycles. The van der Waals surface area contributed by atoms with Crippen molar-refractivity contribution in [1.29, 1.82) is 0 Å². The van der Waals surface area contributed by atoms with Crippen LogP contribution in [0, 0.1) is 0 Å². The molecule has 2 aromatic carbocycles. The zero-order chi connectivity index (χ0) is 22.3. The van der Waals surface area contributed by atoms with Crippen molar-refractivity contribution < 1.29 is 19.5 Å². The highest BCUT2D eigenvalue weighted by atomic mass is 16.4. The van der Waals surface area contributed by atoms with E-state index in [0.29, 0.717) is 5.56 Å². The van der Waals surface area contributed by atoms with Crippen LogP contribution in [-0.4, -0.2) is 22.9 Å². The number of carboxylic acids is 1. The van der Waals surface area contributed by atoms with Gasteiger partial charge in [-0.1, -0.05) is 58.0 Å². The number of carbonyl (C=O) groups is 3. The van der Waals surface area contributed by atoms with Crippen molar-refractivity contribution in [2.24, 2.45) is 5.73 Å². The number of primary amides is 1. The Labute approximate surface area is 176 Å². The third-order valence-electron chi connectivity index (χ3n) is 6.17.